The van der Waals surface area contributed by atoms with Gasteiger partial charge in [0.05, 0.1) is 17.5 Å². The minimum absolute atomic E-state index is 0.208. The zero-order valence-electron chi connectivity index (χ0n) is 14.8. The van der Waals surface area contributed by atoms with Crippen LogP contribution in [0.3, 0.4) is 0 Å². The Morgan fingerprint density at radius 2 is 1.96 bits per heavy atom. The number of imidazole rings is 1. The van der Waals surface area contributed by atoms with E-state index in [1.807, 2.05) is 24.6 Å². The van der Waals surface area contributed by atoms with E-state index in [0.717, 1.165) is 31.6 Å². The molecule has 25 heavy (non-hydrogen) atoms. The number of aryl methyl sites for hydroxylation is 1. The molecule has 1 aromatic carbocycles. The summed E-state index contributed by atoms with van der Waals surface area (Å²) in [6, 6.07) is 6.46. The first-order valence-corrected chi connectivity index (χ1v) is 10.3. The third-order valence-electron chi connectivity index (χ3n) is 4.58. The number of hydrogen-bond donors (Lipinski definition) is 0. The van der Waals surface area contributed by atoms with E-state index in [2.05, 4.69) is 4.98 Å². The first-order chi connectivity index (χ1) is 12.1. The van der Waals surface area contributed by atoms with Crippen LogP contribution in [0.1, 0.15) is 45.0 Å². The van der Waals surface area contributed by atoms with Crippen LogP contribution in [0.2, 0.25) is 0 Å². The van der Waals surface area contributed by atoms with Gasteiger partial charge in [-0.25, -0.2) is 13.4 Å². The molecule has 1 fully saturated rings. The second-order valence-corrected chi connectivity index (χ2v) is 7.99. The van der Waals surface area contributed by atoms with Gasteiger partial charge < -0.3 is 9.30 Å². The quantitative estimate of drug-likeness (QED) is 0.790. The minimum atomic E-state index is -3.57. The zero-order valence-corrected chi connectivity index (χ0v) is 15.6. The van der Waals surface area contributed by atoms with Gasteiger partial charge in [0.25, 0.3) is 0 Å². The fraction of sp³-hybridized carbons (Fsp3) is 0.500. The summed E-state index contributed by atoms with van der Waals surface area (Å²) in [4.78, 5) is 4.75. The molecule has 3 rings (SSSR count). The molecule has 7 heteroatoms. The van der Waals surface area contributed by atoms with Crippen molar-refractivity contribution < 1.29 is 13.2 Å². The maximum absolute atomic E-state index is 13.2. The minimum Gasteiger partial charge on any atom is -0.494 e. The molecule has 136 valence electrons. The van der Waals surface area contributed by atoms with E-state index in [1.165, 1.54) is 0 Å². The predicted molar refractivity (Wildman–Crippen MR) is 96.0 cm³/mol. The van der Waals surface area contributed by atoms with Gasteiger partial charge in [-0.15, -0.1) is 0 Å². The molecule has 2 heterocycles. The average Bonchev–Trinajstić information content (AvgIpc) is 3.11. The van der Waals surface area contributed by atoms with Gasteiger partial charge in [-0.3, -0.25) is 0 Å². The number of ether oxygens (including phenoxy) is 1. The van der Waals surface area contributed by atoms with Crippen molar-refractivity contribution in [1.29, 1.82) is 0 Å². The van der Waals surface area contributed by atoms with Crippen molar-refractivity contribution in [2.24, 2.45) is 0 Å². The monoisotopic (exact) mass is 363 g/mol. The summed E-state index contributed by atoms with van der Waals surface area (Å²) in [6.45, 7) is 5.80. The van der Waals surface area contributed by atoms with Gasteiger partial charge >= 0.3 is 0 Å². The number of aromatic nitrogens is 2. The molecular weight excluding hydrogens is 338 g/mol. The number of nitrogens with zero attached hydrogens (tertiary/aromatic N) is 3. The van der Waals surface area contributed by atoms with E-state index >= 15 is 0 Å². The summed E-state index contributed by atoms with van der Waals surface area (Å²) < 4.78 is 35.5. The lowest BCUT2D eigenvalue weighted by atomic mass is 10.0. The average molecular weight is 363 g/mol. The molecule has 0 radical (unpaired) electrons. The largest absolute Gasteiger partial charge is 0.494 e. The van der Waals surface area contributed by atoms with Gasteiger partial charge in [0.1, 0.15) is 11.6 Å². The molecule has 0 saturated carbocycles. The summed E-state index contributed by atoms with van der Waals surface area (Å²) in [5.74, 6) is 1.51. The normalized spacial score (nSPS) is 19.0. The molecule has 1 atom stereocenters. The fourth-order valence-electron chi connectivity index (χ4n) is 3.35. The molecule has 0 amide bonds. The van der Waals surface area contributed by atoms with Gasteiger partial charge in [0.2, 0.25) is 10.0 Å². The zero-order chi connectivity index (χ0) is 17.9. The molecule has 1 saturated heterocycles. The van der Waals surface area contributed by atoms with Crippen LogP contribution in [0.5, 0.6) is 5.75 Å². The maximum atomic E-state index is 13.2. The topological polar surface area (TPSA) is 64.4 Å². The van der Waals surface area contributed by atoms with Crippen LogP contribution in [-0.2, 0) is 16.6 Å². The molecule has 0 aliphatic carbocycles. The lowest BCUT2D eigenvalue weighted by Crippen LogP contribution is -2.39. The van der Waals surface area contributed by atoms with Crippen molar-refractivity contribution in [1.82, 2.24) is 13.9 Å². The molecule has 1 aromatic heterocycles. The molecule has 6 nitrogen and oxygen atoms in total. The smallest absolute Gasteiger partial charge is 0.243 e. The number of benzene rings is 1. The van der Waals surface area contributed by atoms with Crippen LogP contribution in [0.4, 0.5) is 0 Å². The molecule has 2 aromatic rings. The van der Waals surface area contributed by atoms with Crippen molar-refractivity contribution >= 4 is 10.0 Å². The summed E-state index contributed by atoms with van der Waals surface area (Å²) in [5.41, 5.74) is 0. The SMILES string of the molecule is CCOc1ccc(S(=O)(=O)N2CCCCC2c2nccn2CC)cc1. The first kappa shape index (κ1) is 17.9. The third-order valence-corrected chi connectivity index (χ3v) is 6.50. The number of rotatable bonds is 6. The molecule has 1 unspecified atom stereocenters. The van der Waals surface area contributed by atoms with Crippen LogP contribution in [0, 0.1) is 0 Å². The first-order valence-electron chi connectivity index (χ1n) is 8.83. The molecule has 0 spiro atoms. The molecular formula is C18H25N3O3S. The van der Waals surface area contributed by atoms with Crippen LogP contribution >= 0.6 is 0 Å². The Kier molecular flexibility index (Phi) is 5.44. The predicted octanol–water partition coefficient (Wildman–Crippen LogP) is 3.22. The maximum Gasteiger partial charge on any atom is 0.243 e. The van der Waals surface area contributed by atoms with Gasteiger partial charge in [-0.1, -0.05) is 6.42 Å². The Balaban J connectivity index is 1.93. The van der Waals surface area contributed by atoms with Gasteiger partial charge in [-0.05, 0) is 51.0 Å². The van der Waals surface area contributed by atoms with E-state index in [0.29, 0.717) is 23.8 Å². The van der Waals surface area contributed by atoms with Gasteiger partial charge in [0.15, 0.2) is 0 Å². The highest BCUT2D eigenvalue weighted by atomic mass is 32.2. The van der Waals surface area contributed by atoms with E-state index in [9.17, 15) is 8.42 Å². The Hall–Kier alpha value is -1.86. The van der Waals surface area contributed by atoms with Crippen LogP contribution in [0.15, 0.2) is 41.6 Å². The lowest BCUT2D eigenvalue weighted by Gasteiger charge is -2.34. The number of piperidine rings is 1. The van der Waals surface area contributed by atoms with Crippen molar-refractivity contribution in [2.45, 2.75) is 50.6 Å². The molecule has 1 aliphatic heterocycles. The van der Waals surface area contributed by atoms with Crippen LogP contribution < -0.4 is 4.74 Å². The Morgan fingerprint density at radius 1 is 1.20 bits per heavy atom. The number of sulfonamides is 1. The Morgan fingerprint density at radius 3 is 2.64 bits per heavy atom. The third kappa shape index (κ3) is 3.57. The van der Waals surface area contributed by atoms with Crippen LogP contribution in [0.25, 0.3) is 0 Å². The van der Waals surface area contributed by atoms with Gasteiger partial charge in [0, 0.05) is 25.5 Å². The standard InChI is InChI=1S/C18H25N3O3S/c1-3-20-14-12-19-18(20)17-7-5-6-13-21(17)25(22,23)16-10-8-15(9-11-16)24-4-2/h8-12,14,17H,3-7,13H2,1-2H3. The fourth-order valence-corrected chi connectivity index (χ4v) is 5.00. The molecule has 0 N–H and O–H groups in total. The number of hydrogen-bond acceptors (Lipinski definition) is 4. The van der Waals surface area contributed by atoms with E-state index in [4.69, 9.17) is 4.74 Å². The van der Waals surface area contributed by atoms with E-state index < -0.39 is 10.0 Å². The highest BCUT2D eigenvalue weighted by molar-refractivity contribution is 7.89. The lowest BCUT2D eigenvalue weighted by molar-refractivity contribution is 0.241. The Labute approximate surface area is 149 Å². The summed E-state index contributed by atoms with van der Waals surface area (Å²) >= 11 is 0. The summed E-state index contributed by atoms with van der Waals surface area (Å²) in [7, 11) is -3.57. The highest BCUT2D eigenvalue weighted by Crippen LogP contribution is 2.35. The van der Waals surface area contributed by atoms with Gasteiger partial charge in [-0.2, -0.15) is 4.31 Å². The molecule has 1 aliphatic rings. The van der Waals surface area contributed by atoms with E-state index in [1.54, 1.807) is 34.8 Å². The second-order valence-electron chi connectivity index (χ2n) is 6.10. The highest BCUT2D eigenvalue weighted by Gasteiger charge is 2.36. The van der Waals surface area contributed by atoms with Crippen molar-refractivity contribution in [3.63, 3.8) is 0 Å². The Bertz CT molecular complexity index is 799. The second kappa shape index (κ2) is 7.58. The summed E-state index contributed by atoms with van der Waals surface area (Å²) in [6.07, 6.45) is 6.34. The summed E-state index contributed by atoms with van der Waals surface area (Å²) in [5, 5.41) is 0. The van der Waals surface area contributed by atoms with Crippen molar-refractivity contribution in [3.8, 4) is 5.75 Å². The molecule has 0 bridgehead atoms. The van der Waals surface area contributed by atoms with Crippen LogP contribution in [-0.4, -0.2) is 35.4 Å². The van der Waals surface area contributed by atoms with E-state index in [-0.39, 0.29) is 6.04 Å². The van der Waals surface area contributed by atoms with Crippen molar-refractivity contribution in [2.75, 3.05) is 13.2 Å². The van der Waals surface area contributed by atoms with Crippen molar-refractivity contribution in [3.05, 3.63) is 42.5 Å².